The monoisotopic (exact) mass is 343 g/mol. The lowest BCUT2D eigenvalue weighted by Crippen LogP contribution is -2.41. The minimum Gasteiger partial charge on any atom is -0.341 e. The van der Waals surface area contributed by atoms with Crippen LogP contribution in [0.5, 0.6) is 0 Å². The molecule has 4 nitrogen and oxygen atoms in total. The molecule has 0 spiro atoms. The lowest BCUT2D eigenvalue weighted by Gasteiger charge is -2.26. The van der Waals surface area contributed by atoms with Gasteiger partial charge in [0.15, 0.2) is 0 Å². The molecule has 0 atom stereocenters. The van der Waals surface area contributed by atoms with Gasteiger partial charge in [-0.1, -0.05) is 6.07 Å². The molecule has 0 radical (unpaired) electrons. The molecule has 1 amide bonds. The Morgan fingerprint density at radius 2 is 2.10 bits per heavy atom. The maximum absolute atomic E-state index is 12.4. The van der Waals surface area contributed by atoms with Gasteiger partial charge in [-0.25, -0.2) is 0 Å². The van der Waals surface area contributed by atoms with Crippen LogP contribution < -0.4 is 5.32 Å². The lowest BCUT2D eigenvalue weighted by molar-refractivity contribution is 0.0909. The molecule has 0 unspecified atom stereocenters. The molecule has 0 aliphatic rings. The maximum Gasteiger partial charge on any atom is 0.253 e. The van der Waals surface area contributed by atoms with Crippen LogP contribution in [0, 0.1) is 11.3 Å². The molecule has 1 aromatic carbocycles. The van der Waals surface area contributed by atoms with E-state index in [0.29, 0.717) is 15.6 Å². The van der Waals surface area contributed by atoms with Crippen molar-refractivity contribution in [3.8, 4) is 6.07 Å². The summed E-state index contributed by atoms with van der Waals surface area (Å²) in [6, 6.07) is 12.5. The molecule has 0 fully saturated rings. The highest BCUT2D eigenvalue weighted by Crippen LogP contribution is 2.22. The van der Waals surface area contributed by atoms with Crippen LogP contribution in [0.1, 0.15) is 35.5 Å². The predicted octanol–water partition coefficient (Wildman–Crippen LogP) is 3.38. The lowest BCUT2D eigenvalue weighted by atomic mass is 9.99. The number of halogens is 1. The van der Waals surface area contributed by atoms with Gasteiger partial charge in [0.1, 0.15) is 0 Å². The number of nitrogens with zero attached hydrogens (tertiary/aromatic N) is 2. The van der Waals surface area contributed by atoms with E-state index in [4.69, 9.17) is 5.26 Å². The summed E-state index contributed by atoms with van der Waals surface area (Å²) in [5.41, 5.74) is 1.03. The standard InChI is InChI=1S/C16H14BrN3O/c1-16(2,14-5-3-4-8-19-14)20-15(21)12-9-11(10-18)6-7-13(12)17/h3-9H,1-2H3,(H,20,21). The first-order chi connectivity index (χ1) is 9.94. The van der Waals surface area contributed by atoms with Gasteiger partial charge in [0, 0.05) is 10.7 Å². The van der Waals surface area contributed by atoms with Crippen molar-refractivity contribution >= 4 is 21.8 Å². The number of hydrogen-bond donors (Lipinski definition) is 1. The molecule has 1 N–H and O–H groups in total. The topological polar surface area (TPSA) is 65.8 Å². The zero-order chi connectivity index (χ0) is 15.5. The highest BCUT2D eigenvalue weighted by Gasteiger charge is 2.25. The minimum absolute atomic E-state index is 0.255. The quantitative estimate of drug-likeness (QED) is 0.928. The molecule has 21 heavy (non-hydrogen) atoms. The van der Waals surface area contributed by atoms with Crippen LogP contribution in [0.25, 0.3) is 0 Å². The number of nitriles is 1. The summed E-state index contributed by atoms with van der Waals surface area (Å²) in [4.78, 5) is 16.7. The molecule has 1 aromatic heterocycles. The average Bonchev–Trinajstić information content (AvgIpc) is 2.48. The van der Waals surface area contributed by atoms with Gasteiger partial charge in [0.05, 0.1) is 28.4 Å². The molecular formula is C16H14BrN3O. The molecule has 2 aromatic rings. The number of hydrogen-bond acceptors (Lipinski definition) is 3. The summed E-state index contributed by atoms with van der Waals surface area (Å²) in [5.74, 6) is -0.255. The van der Waals surface area contributed by atoms with Crippen LogP contribution in [0.3, 0.4) is 0 Å². The second-order valence-corrected chi connectivity index (χ2v) is 5.95. The number of carbonyl (C=O) groups excluding carboxylic acids is 1. The highest BCUT2D eigenvalue weighted by atomic mass is 79.9. The predicted molar refractivity (Wildman–Crippen MR) is 83.6 cm³/mol. The second-order valence-electron chi connectivity index (χ2n) is 5.10. The first-order valence-electron chi connectivity index (χ1n) is 6.38. The van der Waals surface area contributed by atoms with Crippen molar-refractivity contribution in [2.24, 2.45) is 0 Å². The Balaban J connectivity index is 2.28. The van der Waals surface area contributed by atoms with E-state index >= 15 is 0 Å². The molecular weight excluding hydrogens is 330 g/mol. The van der Waals surface area contributed by atoms with Gasteiger partial charge in [-0.05, 0) is 60.1 Å². The fraction of sp³-hybridized carbons (Fsp3) is 0.188. The molecule has 0 saturated heterocycles. The Kier molecular flexibility index (Phi) is 4.39. The Labute approximate surface area is 132 Å². The minimum atomic E-state index is -0.611. The Morgan fingerprint density at radius 3 is 2.71 bits per heavy atom. The Hall–Kier alpha value is -2.19. The van der Waals surface area contributed by atoms with E-state index in [9.17, 15) is 4.79 Å². The molecule has 0 aliphatic carbocycles. The van der Waals surface area contributed by atoms with Gasteiger partial charge >= 0.3 is 0 Å². The molecule has 106 valence electrons. The van der Waals surface area contributed by atoms with Crippen molar-refractivity contribution in [3.63, 3.8) is 0 Å². The van der Waals surface area contributed by atoms with Crippen molar-refractivity contribution < 1.29 is 4.79 Å². The molecule has 5 heteroatoms. The van der Waals surface area contributed by atoms with Gasteiger partial charge in [-0.3, -0.25) is 9.78 Å². The number of carbonyl (C=O) groups is 1. The average molecular weight is 344 g/mol. The fourth-order valence-corrected chi connectivity index (χ4v) is 2.34. The van der Waals surface area contributed by atoms with Crippen LogP contribution >= 0.6 is 15.9 Å². The van der Waals surface area contributed by atoms with Crippen molar-refractivity contribution in [1.82, 2.24) is 10.3 Å². The van der Waals surface area contributed by atoms with Gasteiger partial charge in [-0.2, -0.15) is 5.26 Å². The van der Waals surface area contributed by atoms with Gasteiger partial charge in [-0.15, -0.1) is 0 Å². The zero-order valence-electron chi connectivity index (χ0n) is 11.7. The number of rotatable bonds is 3. The van der Waals surface area contributed by atoms with Crippen molar-refractivity contribution in [1.29, 1.82) is 5.26 Å². The van der Waals surface area contributed by atoms with Crippen LogP contribution in [0.15, 0.2) is 47.1 Å². The van der Waals surface area contributed by atoms with E-state index in [-0.39, 0.29) is 5.91 Å². The summed E-state index contributed by atoms with van der Waals surface area (Å²) in [6.07, 6.45) is 1.69. The number of pyridine rings is 1. The molecule has 1 heterocycles. The SMILES string of the molecule is CC(C)(NC(=O)c1cc(C#N)ccc1Br)c1ccccn1. The van der Waals surface area contributed by atoms with Gasteiger partial charge in [0.2, 0.25) is 0 Å². The molecule has 2 rings (SSSR count). The van der Waals surface area contributed by atoms with Crippen LogP contribution in [-0.2, 0) is 5.54 Å². The van der Waals surface area contributed by atoms with E-state index in [0.717, 1.165) is 5.69 Å². The first-order valence-corrected chi connectivity index (χ1v) is 7.17. The third-order valence-electron chi connectivity index (χ3n) is 3.07. The Morgan fingerprint density at radius 1 is 1.33 bits per heavy atom. The molecule has 0 saturated carbocycles. The van der Waals surface area contributed by atoms with E-state index in [1.165, 1.54) is 0 Å². The van der Waals surface area contributed by atoms with E-state index < -0.39 is 5.54 Å². The normalized spacial score (nSPS) is 10.8. The summed E-state index contributed by atoms with van der Waals surface area (Å²) in [6.45, 7) is 3.77. The third kappa shape index (κ3) is 3.47. The maximum atomic E-state index is 12.4. The Bertz CT molecular complexity index is 705. The number of benzene rings is 1. The summed E-state index contributed by atoms with van der Waals surface area (Å²) >= 11 is 3.34. The zero-order valence-corrected chi connectivity index (χ0v) is 13.3. The first kappa shape index (κ1) is 15.2. The second kappa shape index (κ2) is 6.06. The van der Waals surface area contributed by atoms with Crippen LogP contribution in [0.2, 0.25) is 0 Å². The van der Waals surface area contributed by atoms with Crippen LogP contribution in [-0.4, -0.2) is 10.9 Å². The largest absolute Gasteiger partial charge is 0.341 e. The summed E-state index contributed by atoms with van der Waals surface area (Å²) < 4.78 is 0.649. The fourth-order valence-electron chi connectivity index (χ4n) is 1.92. The number of amides is 1. The number of nitrogens with one attached hydrogen (secondary N) is 1. The van der Waals surface area contributed by atoms with E-state index in [2.05, 4.69) is 26.2 Å². The van der Waals surface area contributed by atoms with Crippen molar-refractivity contribution in [3.05, 3.63) is 63.9 Å². The van der Waals surface area contributed by atoms with Gasteiger partial charge < -0.3 is 5.32 Å². The molecule has 0 bridgehead atoms. The summed E-state index contributed by atoms with van der Waals surface area (Å²) in [5, 5.41) is 11.9. The van der Waals surface area contributed by atoms with Crippen LogP contribution in [0.4, 0.5) is 0 Å². The summed E-state index contributed by atoms with van der Waals surface area (Å²) in [7, 11) is 0. The smallest absolute Gasteiger partial charge is 0.253 e. The van der Waals surface area contributed by atoms with Crippen molar-refractivity contribution in [2.75, 3.05) is 0 Å². The van der Waals surface area contributed by atoms with Gasteiger partial charge in [0.25, 0.3) is 5.91 Å². The van der Waals surface area contributed by atoms with E-state index in [1.807, 2.05) is 38.1 Å². The van der Waals surface area contributed by atoms with Crippen molar-refractivity contribution in [2.45, 2.75) is 19.4 Å². The third-order valence-corrected chi connectivity index (χ3v) is 3.76. The number of aromatic nitrogens is 1. The highest BCUT2D eigenvalue weighted by molar-refractivity contribution is 9.10. The molecule has 0 aliphatic heterocycles. The van der Waals surface area contributed by atoms with E-state index in [1.54, 1.807) is 24.4 Å².